The second-order valence-corrected chi connectivity index (χ2v) is 6.13. The van der Waals surface area contributed by atoms with Gasteiger partial charge in [0.1, 0.15) is 0 Å². The highest BCUT2D eigenvalue weighted by Crippen LogP contribution is 2.26. The Morgan fingerprint density at radius 1 is 1.44 bits per heavy atom. The van der Waals surface area contributed by atoms with Crippen molar-refractivity contribution in [3.8, 4) is 0 Å². The quantitative estimate of drug-likeness (QED) is 0.584. The van der Waals surface area contributed by atoms with Crippen LogP contribution in [-0.2, 0) is 10.0 Å². The molecule has 1 aliphatic carbocycles. The highest BCUT2D eigenvalue weighted by atomic mass is 32.2. The fourth-order valence-electron chi connectivity index (χ4n) is 1.82. The third kappa shape index (κ3) is 3.69. The van der Waals surface area contributed by atoms with Gasteiger partial charge < -0.3 is 10.4 Å². The van der Waals surface area contributed by atoms with Crippen molar-refractivity contribution in [1.29, 1.82) is 0 Å². The molecule has 0 atom stereocenters. The molecule has 0 radical (unpaired) electrons. The molecule has 0 amide bonds. The van der Waals surface area contributed by atoms with Crippen LogP contribution in [0.4, 0.5) is 0 Å². The zero-order valence-corrected chi connectivity index (χ0v) is 10.7. The molecule has 0 aliphatic heterocycles. The van der Waals surface area contributed by atoms with Gasteiger partial charge in [0.15, 0.2) is 0 Å². The van der Waals surface area contributed by atoms with Crippen molar-refractivity contribution < 1.29 is 13.5 Å². The van der Waals surface area contributed by atoms with E-state index in [-0.39, 0.29) is 24.9 Å². The zero-order chi connectivity index (χ0) is 12.0. The minimum atomic E-state index is -3.21. The number of aliphatic hydroxyl groups excluding tert-OH is 1. The highest BCUT2D eigenvalue weighted by molar-refractivity contribution is 7.89. The molecule has 2 N–H and O–H groups in total. The lowest BCUT2D eigenvalue weighted by atomic mass is 9.93. The maximum absolute atomic E-state index is 12.0. The summed E-state index contributed by atoms with van der Waals surface area (Å²) in [5, 5.41) is 11.9. The summed E-state index contributed by atoms with van der Waals surface area (Å²) in [7, 11) is -3.21. The fraction of sp³-hybridized carbons (Fsp3) is 1.00. The number of rotatable bonds is 8. The average molecular weight is 250 g/mol. The van der Waals surface area contributed by atoms with Crippen LogP contribution >= 0.6 is 0 Å². The molecular weight excluding hydrogens is 228 g/mol. The van der Waals surface area contributed by atoms with E-state index < -0.39 is 10.0 Å². The summed E-state index contributed by atoms with van der Waals surface area (Å²) >= 11 is 0. The first-order valence-corrected chi connectivity index (χ1v) is 7.54. The summed E-state index contributed by atoms with van der Waals surface area (Å²) in [4.78, 5) is 0. The highest BCUT2D eigenvalue weighted by Gasteiger charge is 2.32. The van der Waals surface area contributed by atoms with E-state index in [2.05, 4.69) is 5.32 Å². The standard InChI is InChI=1S/C10H22N2O3S/c1-2-11-6-9-16(14,15)12(7-8-13)10-4-3-5-10/h10-11,13H,2-9H2,1H3. The number of hydrogen-bond donors (Lipinski definition) is 2. The van der Waals surface area contributed by atoms with Crippen LogP contribution in [0.15, 0.2) is 0 Å². The molecule has 0 unspecified atom stereocenters. The van der Waals surface area contributed by atoms with Gasteiger partial charge in [-0.05, 0) is 19.4 Å². The number of sulfonamides is 1. The Bertz CT molecular complexity index is 288. The molecule has 5 nitrogen and oxygen atoms in total. The van der Waals surface area contributed by atoms with Crippen LogP contribution < -0.4 is 5.32 Å². The van der Waals surface area contributed by atoms with Crippen LogP contribution in [0.2, 0.25) is 0 Å². The summed E-state index contributed by atoms with van der Waals surface area (Å²) in [5.74, 6) is 0.122. The number of aliphatic hydroxyl groups is 1. The maximum atomic E-state index is 12.0. The molecule has 16 heavy (non-hydrogen) atoms. The lowest BCUT2D eigenvalue weighted by Crippen LogP contribution is -2.47. The molecule has 1 fully saturated rings. The van der Waals surface area contributed by atoms with Crippen LogP contribution in [0.25, 0.3) is 0 Å². The molecule has 6 heteroatoms. The topological polar surface area (TPSA) is 69.6 Å². The lowest BCUT2D eigenvalue weighted by molar-refractivity contribution is 0.178. The van der Waals surface area contributed by atoms with Gasteiger partial charge in [0.05, 0.1) is 12.4 Å². The molecular formula is C10H22N2O3S. The summed E-state index contributed by atoms with van der Waals surface area (Å²) in [6.07, 6.45) is 2.95. The van der Waals surface area contributed by atoms with Crippen LogP contribution in [0.1, 0.15) is 26.2 Å². The predicted molar refractivity (Wildman–Crippen MR) is 63.8 cm³/mol. The van der Waals surface area contributed by atoms with Gasteiger partial charge in [0.25, 0.3) is 0 Å². The Kier molecular flexibility index (Phi) is 5.68. The Morgan fingerprint density at radius 2 is 2.12 bits per heavy atom. The zero-order valence-electron chi connectivity index (χ0n) is 9.85. The second-order valence-electron chi connectivity index (χ2n) is 4.09. The van der Waals surface area contributed by atoms with E-state index in [1.807, 2.05) is 6.92 Å². The largest absolute Gasteiger partial charge is 0.395 e. The van der Waals surface area contributed by atoms with E-state index >= 15 is 0 Å². The lowest BCUT2D eigenvalue weighted by Gasteiger charge is -2.36. The molecule has 1 aliphatic rings. The van der Waals surface area contributed by atoms with E-state index in [1.165, 1.54) is 4.31 Å². The van der Waals surface area contributed by atoms with E-state index in [9.17, 15) is 8.42 Å². The normalized spacial score (nSPS) is 17.7. The first kappa shape index (κ1) is 13.9. The molecule has 0 heterocycles. The fourth-order valence-corrected chi connectivity index (χ4v) is 3.48. The number of nitrogens with one attached hydrogen (secondary N) is 1. The van der Waals surface area contributed by atoms with Gasteiger partial charge in [-0.1, -0.05) is 13.3 Å². The van der Waals surface area contributed by atoms with Crippen molar-refractivity contribution in [3.05, 3.63) is 0 Å². The molecule has 1 saturated carbocycles. The van der Waals surface area contributed by atoms with Gasteiger partial charge in [0, 0.05) is 19.1 Å². The van der Waals surface area contributed by atoms with Gasteiger partial charge in [-0.2, -0.15) is 4.31 Å². The number of hydrogen-bond acceptors (Lipinski definition) is 4. The van der Waals surface area contributed by atoms with Crippen LogP contribution in [0, 0.1) is 0 Å². The van der Waals surface area contributed by atoms with Gasteiger partial charge in [-0.3, -0.25) is 0 Å². The van der Waals surface area contributed by atoms with Gasteiger partial charge >= 0.3 is 0 Å². The van der Waals surface area contributed by atoms with E-state index in [0.29, 0.717) is 6.54 Å². The molecule has 0 saturated heterocycles. The molecule has 0 spiro atoms. The van der Waals surface area contributed by atoms with E-state index in [0.717, 1.165) is 25.8 Å². The molecule has 1 rings (SSSR count). The van der Waals surface area contributed by atoms with Crippen molar-refractivity contribution in [2.75, 3.05) is 32.0 Å². The Labute approximate surface area is 97.9 Å². The van der Waals surface area contributed by atoms with E-state index in [4.69, 9.17) is 5.11 Å². The Morgan fingerprint density at radius 3 is 2.56 bits per heavy atom. The molecule has 0 aromatic heterocycles. The monoisotopic (exact) mass is 250 g/mol. The smallest absolute Gasteiger partial charge is 0.215 e. The van der Waals surface area contributed by atoms with Crippen LogP contribution in [0.5, 0.6) is 0 Å². The summed E-state index contributed by atoms with van der Waals surface area (Å²) < 4.78 is 25.5. The van der Waals surface area contributed by atoms with Crippen molar-refractivity contribution in [3.63, 3.8) is 0 Å². The summed E-state index contributed by atoms with van der Waals surface area (Å²) in [6, 6.07) is 0.124. The van der Waals surface area contributed by atoms with Crippen molar-refractivity contribution >= 4 is 10.0 Å². The first-order valence-electron chi connectivity index (χ1n) is 5.93. The van der Waals surface area contributed by atoms with Gasteiger partial charge in [0.2, 0.25) is 10.0 Å². The minimum Gasteiger partial charge on any atom is -0.395 e. The molecule has 0 aromatic rings. The average Bonchev–Trinajstić information content (AvgIpc) is 2.14. The van der Waals surface area contributed by atoms with Crippen LogP contribution in [0.3, 0.4) is 0 Å². The maximum Gasteiger partial charge on any atom is 0.215 e. The van der Waals surface area contributed by atoms with Crippen molar-refractivity contribution in [2.24, 2.45) is 0 Å². The predicted octanol–water partition coefficient (Wildman–Crippen LogP) is -0.227. The minimum absolute atomic E-state index is 0.100. The third-order valence-corrected chi connectivity index (χ3v) is 4.86. The molecule has 0 bridgehead atoms. The summed E-state index contributed by atoms with van der Waals surface area (Å²) in [5.41, 5.74) is 0. The molecule has 96 valence electrons. The van der Waals surface area contributed by atoms with Gasteiger partial charge in [-0.15, -0.1) is 0 Å². The van der Waals surface area contributed by atoms with Crippen LogP contribution in [-0.4, -0.2) is 55.9 Å². The van der Waals surface area contributed by atoms with Crippen molar-refractivity contribution in [2.45, 2.75) is 32.2 Å². The first-order chi connectivity index (χ1) is 7.61. The number of nitrogens with zero attached hydrogens (tertiary/aromatic N) is 1. The van der Waals surface area contributed by atoms with Crippen molar-refractivity contribution in [1.82, 2.24) is 9.62 Å². The SMILES string of the molecule is CCNCCS(=O)(=O)N(CCO)C1CCC1. The Hall–Kier alpha value is -0.170. The molecule has 0 aromatic carbocycles. The Balaban J connectivity index is 2.53. The van der Waals surface area contributed by atoms with Gasteiger partial charge in [-0.25, -0.2) is 8.42 Å². The summed E-state index contributed by atoms with van der Waals surface area (Å²) in [6.45, 7) is 3.34. The third-order valence-electron chi connectivity index (χ3n) is 2.95. The van der Waals surface area contributed by atoms with E-state index in [1.54, 1.807) is 0 Å². The second kappa shape index (κ2) is 6.54.